The van der Waals surface area contributed by atoms with E-state index in [0.717, 1.165) is 18.4 Å². The molecule has 7 nitrogen and oxygen atoms in total. The minimum Gasteiger partial charge on any atom is -0.342 e. The van der Waals surface area contributed by atoms with Crippen molar-refractivity contribution in [2.45, 2.75) is 32.6 Å². The third-order valence-corrected chi connectivity index (χ3v) is 6.26. The number of rotatable bonds is 5. The Morgan fingerprint density at radius 1 is 1.09 bits per heavy atom. The lowest BCUT2D eigenvalue weighted by atomic mass is 9.97. The number of fused-ring (bicyclic) bond motifs is 1. The van der Waals surface area contributed by atoms with Gasteiger partial charge in [-0.2, -0.15) is 0 Å². The van der Waals surface area contributed by atoms with Gasteiger partial charge >= 0.3 is 0 Å². The van der Waals surface area contributed by atoms with E-state index in [0.29, 0.717) is 53.1 Å². The van der Waals surface area contributed by atoms with Crippen molar-refractivity contribution in [3.05, 3.63) is 65.2 Å². The van der Waals surface area contributed by atoms with Gasteiger partial charge in [-0.05, 0) is 43.5 Å². The van der Waals surface area contributed by atoms with Gasteiger partial charge in [0.1, 0.15) is 0 Å². The maximum absolute atomic E-state index is 13.1. The van der Waals surface area contributed by atoms with Gasteiger partial charge in [-0.3, -0.25) is 25.2 Å². The Hall–Kier alpha value is -3.45. The molecule has 0 radical (unpaired) electrons. The number of hydrogen-bond acceptors (Lipinski definition) is 4. The number of pyridine rings is 1. The summed E-state index contributed by atoms with van der Waals surface area (Å²) in [6.07, 6.45) is 2.70. The molecule has 3 amide bonds. The molecular weight excluding hydrogens is 452 g/mol. The van der Waals surface area contributed by atoms with Gasteiger partial charge in [0.15, 0.2) is 0 Å². The predicted octanol–water partition coefficient (Wildman–Crippen LogP) is 4.35. The highest BCUT2D eigenvalue weighted by Gasteiger charge is 2.28. The van der Waals surface area contributed by atoms with Crippen LogP contribution in [0.1, 0.15) is 43.0 Å². The zero-order valence-corrected chi connectivity index (χ0v) is 19.8. The number of amides is 3. The summed E-state index contributed by atoms with van der Waals surface area (Å²) in [6.45, 7) is 3.01. The summed E-state index contributed by atoms with van der Waals surface area (Å²) in [5.74, 6) is -1.01. The Morgan fingerprint density at radius 2 is 1.85 bits per heavy atom. The van der Waals surface area contributed by atoms with E-state index in [9.17, 15) is 14.4 Å². The van der Waals surface area contributed by atoms with Crippen LogP contribution in [0, 0.1) is 5.92 Å². The summed E-state index contributed by atoms with van der Waals surface area (Å²) in [5.41, 5.74) is 7.64. The first kappa shape index (κ1) is 23.7. The Labute approximate surface area is 203 Å². The van der Waals surface area contributed by atoms with Crippen LogP contribution in [0.4, 0.5) is 0 Å². The van der Waals surface area contributed by atoms with E-state index in [1.165, 1.54) is 0 Å². The molecule has 2 N–H and O–H groups in total. The standard InChI is InChI=1S/C26H27ClN4O3/c1-2-6-24(32)31-14-5-7-18(16-31)25(33)29-30-26(34)21-15-23(17-10-12-19(27)13-11-17)28-22-9-4-3-8-20(21)22/h3-4,8-13,15,18H,2,5-7,14,16H2,1H3,(H,29,33)(H,30,34). The zero-order chi connectivity index (χ0) is 24.1. The number of nitrogens with one attached hydrogen (secondary N) is 2. The number of likely N-dealkylation sites (tertiary alicyclic amines) is 1. The molecular formula is C26H27ClN4O3. The molecule has 8 heteroatoms. The van der Waals surface area contributed by atoms with Crippen LogP contribution in [0.5, 0.6) is 0 Å². The Bertz CT molecular complexity index is 1210. The normalized spacial score (nSPS) is 15.7. The van der Waals surface area contributed by atoms with Gasteiger partial charge in [0.2, 0.25) is 11.8 Å². The van der Waals surface area contributed by atoms with Gasteiger partial charge in [-0.15, -0.1) is 0 Å². The molecule has 1 aromatic heterocycles. The van der Waals surface area contributed by atoms with Crippen molar-refractivity contribution in [3.8, 4) is 11.3 Å². The second-order valence-electron chi connectivity index (χ2n) is 8.45. The maximum Gasteiger partial charge on any atom is 0.270 e. The minimum atomic E-state index is -0.433. The number of nitrogens with zero attached hydrogens (tertiary/aromatic N) is 2. The van der Waals surface area contributed by atoms with Gasteiger partial charge in [-0.1, -0.05) is 48.9 Å². The predicted molar refractivity (Wildman–Crippen MR) is 132 cm³/mol. The fraction of sp³-hybridized carbons (Fsp3) is 0.308. The van der Waals surface area contributed by atoms with E-state index < -0.39 is 5.91 Å². The molecule has 0 saturated carbocycles. The summed E-state index contributed by atoms with van der Waals surface area (Å²) in [7, 11) is 0. The summed E-state index contributed by atoms with van der Waals surface area (Å²) < 4.78 is 0. The summed E-state index contributed by atoms with van der Waals surface area (Å²) in [5, 5.41) is 1.30. The lowest BCUT2D eigenvalue weighted by Crippen LogP contribution is -2.50. The van der Waals surface area contributed by atoms with Crippen LogP contribution in [0.25, 0.3) is 22.2 Å². The lowest BCUT2D eigenvalue weighted by Gasteiger charge is -2.32. The number of halogens is 1. The van der Waals surface area contributed by atoms with Crippen LogP contribution in [0.3, 0.4) is 0 Å². The fourth-order valence-electron chi connectivity index (χ4n) is 4.21. The quantitative estimate of drug-likeness (QED) is 0.533. The van der Waals surface area contributed by atoms with Crippen molar-refractivity contribution in [3.63, 3.8) is 0 Å². The van der Waals surface area contributed by atoms with Gasteiger partial charge in [-0.25, -0.2) is 4.98 Å². The monoisotopic (exact) mass is 478 g/mol. The highest BCUT2D eigenvalue weighted by Crippen LogP contribution is 2.26. The van der Waals surface area contributed by atoms with E-state index in [1.807, 2.05) is 43.3 Å². The molecule has 34 heavy (non-hydrogen) atoms. The zero-order valence-electron chi connectivity index (χ0n) is 19.0. The number of para-hydroxylation sites is 1. The molecule has 1 fully saturated rings. The van der Waals surface area contributed by atoms with Crippen molar-refractivity contribution in [1.82, 2.24) is 20.7 Å². The van der Waals surface area contributed by atoms with Crippen LogP contribution < -0.4 is 10.9 Å². The summed E-state index contributed by atoms with van der Waals surface area (Å²) in [4.78, 5) is 44.5. The van der Waals surface area contributed by atoms with Crippen molar-refractivity contribution in [1.29, 1.82) is 0 Å². The molecule has 0 bridgehead atoms. The molecule has 1 aliphatic rings. The maximum atomic E-state index is 13.1. The van der Waals surface area contributed by atoms with Gasteiger partial charge in [0.25, 0.3) is 5.91 Å². The molecule has 176 valence electrons. The number of benzene rings is 2. The van der Waals surface area contributed by atoms with E-state index in [4.69, 9.17) is 11.6 Å². The number of aromatic nitrogens is 1. The third-order valence-electron chi connectivity index (χ3n) is 6.01. The molecule has 0 spiro atoms. The van der Waals surface area contributed by atoms with E-state index in [2.05, 4.69) is 15.8 Å². The average Bonchev–Trinajstić information content (AvgIpc) is 2.87. The van der Waals surface area contributed by atoms with Gasteiger partial charge < -0.3 is 4.90 Å². The van der Waals surface area contributed by atoms with Crippen LogP contribution in [0.15, 0.2) is 54.6 Å². The van der Waals surface area contributed by atoms with Crippen molar-refractivity contribution in [2.24, 2.45) is 5.92 Å². The van der Waals surface area contributed by atoms with Crippen molar-refractivity contribution in [2.75, 3.05) is 13.1 Å². The van der Waals surface area contributed by atoms with E-state index in [-0.39, 0.29) is 17.7 Å². The first-order chi connectivity index (χ1) is 16.5. The molecule has 4 rings (SSSR count). The molecule has 1 saturated heterocycles. The van der Waals surface area contributed by atoms with Crippen molar-refractivity contribution < 1.29 is 14.4 Å². The van der Waals surface area contributed by atoms with Crippen LogP contribution >= 0.6 is 11.6 Å². The molecule has 1 atom stereocenters. The Balaban J connectivity index is 1.50. The largest absolute Gasteiger partial charge is 0.342 e. The van der Waals surface area contributed by atoms with Gasteiger partial charge in [0.05, 0.1) is 22.7 Å². The van der Waals surface area contributed by atoms with Gasteiger partial charge in [0, 0.05) is 35.5 Å². The smallest absolute Gasteiger partial charge is 0.270 e. The van der Waals surface area contributed by atoms with E-state index >= 15 is 0 Å². The van der Waals surface area contributed by atoms with Crippen LogP contribution in [-0.2, 0) is 9.59 Å². The SMILES string of the molecule is CCCC(=O)N1CCCC(C(=O)NNC(=O)c2cc(-c3ccc(Cl)cc3)nc3ccccc23)C1. The van der Waals surface area contributed by atoms with E-state index in [1.54, 1.807) is 23.1 Å². The number of carbonyl (C=O) groups is 3. The fourth-order valence-corrected chi connectivity index (χ4v) is 4.34. The highest BCUT2D eigenvalue weighted by molar-refractivity contribution is 6.30. The number of piperidine rings is 1. The Morgan fingerprint density at radius 3 is 2.62 bits per heavy atom. The highest BCUT2D eigenvalue weighted by atomic mass is 35.5. The van der Waals surface area contributed by atoms with Crippen LogP contribution in [-0.4, -0.2) is 40.7 Å². The first-order valence-electron chi connectivity index (χ1n) is 11.5. The number of hydrogen-bond donors (Lipinski definition) is 2. The molecule has 3 aromatic rings. The second kappa shape index (κ2) is 10.7. The first-order valence-corrected chi connectivity index (χ1v) is 11.9. The second-order valence-corrected chi connectivity index (χ2v) is 8.89. The Kier molecular flexibility index (Phi) is 7.43. The van der Waals surface area contributed by atoms with Crippen LogP contribution in [0.2, 0.25) is 5.02 Å². The minimum absolute atomic E-state index is 0.0713. The summed E-state index contributed by atoms with van der Waals surface area (Å²) >= 11 is 6.01. The molecule has 1 unspecified atom stereocenters. The summed E-state index contributed by atoms with van der Waals surface area (Å²) in [6, 6.07) is 16.3. The molecule has 1 aliphatic heterocycles. The average molecular weight is 479 g/mol. The molecule has 0 aliphatic carbocycles. The molecule has 2 aromatic carbocycles. The van der Waals surface area contributed by atoms with Crippen molar-refractivity contribution >= 4 is 40.2 Å². The third kappa shape index (κ3) is 5.37. The number of hydrazine groups is 1. The topological polar surface area (TPSA) is 91.4 Å². The molecule has 2 heterocycles. The lowest BCUT2D eigenvalue weighted by molar-refractivity contribution is -0.136. The number of carbonyl (C=O) groups excluding carboxylic acids is 3.